The Kier molecular flexibility index (Phi) is 4.76. The second-order valence-corrected chi connectivity index (χ2v) is 5.87. The van der Waals surface area contributed by atoms with Crippen LogP contribution in [0.5, 0.6) is 0 Å². The van der Waals surface area contributed by atoms with Crippen LogP contribution in [0.25, 0.3) is 0 Å². The van der Waals surface area contributed by atoms with E-state index in [-0.39, 0.29) is 18.3 Å². The van der Waals surface area contributed by atoms with Gasteiger partial charge in [-0.15, -0.1) is 12.4 Å². The second kappa shape index (κ2) is 6.19. The van der Waals surface area contributed by atoms with Gasteiger partial charge in [-0.25, -0.2) is 0 Å². The number of hydrogen-bond donors (Lipinski definition) is 1. The first-order chi connectivity index (χ1) is 9.15. The highest BCUT2D eigenvalue weighted by atomic mass is 35.5. The van der Waals surface area contributed by atoms with Crippen LogP contribution in [0.15, 0.2) is 10.5 Å². The molecule has 2 saturated heterocycles. The zero-order chi connectivity index (χ0) is 13.4. The molecule has 5 heteroatoms. The number of carbonyl (C=O) groups is 1. The van der Waals surface area contributed by atoms with Crippen LogP contribution in [0.2, 0.25) is 0 Å². The van der Waals surface area contributed by atoms with E-state index < -0.39 is 0 Å². The van der Waals surface area contributed by atoms with Gasteiger partial charge in [-0.05, 0) is 57.7 Å². The van der Waals surface area contributed by atoms with Crippen molar-refractivity contribution in [2.75, 3.05) is 26.2 Å². The van der Waals surface area contributed by atoms with Gasteiger partial charge in [0.25, 0.3) is 5.91 Å². The minimum absolute atomic E-state index is 0. The quantitative estimate of drug-likeness (QED) is 0.866. The summed E-state index contributed by atoms with van der Waals surface area (Å²) in [7, 11) is 0. The molecule has 1 aromatic rings. The second-order valence-electron chi connectivity index (χ2n) is 5.87. The lowest BCUT2D eigenvalue weighted by atomic mass is 9.92. The number of hydrogen-bond acceptors (Lipinski definition) is 3. The summed E-state index contributed by atoms with van der Waals surface area (Å²) >= 11 is 0. The molecule has 1 N–H and O–H groups in total. The van der Waals surface area contributed by atoms with Gasteiger partial charge in [0.15, 0.2) is 0 Å². The van der Waals surface area contributed by atoms with Gasteiger partial charge in [-0.2, -0.15) is 0 Å². The molecule has 2 aliphatic heterocycles. The number of nitrogens with zero attached hydrogens (tertiary/aromatic N) is 1. The highest BCUT2D eigenvalue weighted by Gasteiger charge is 2.32. The van der Waals surface area contributed by atoms with Crippen molar-refractivity contribution in [1.82, 2.24) is 10.2 Å². The van der Waals surface area contributed by atoms with Crippen molar-refractivity contribution >= 4 is 18.3 Å². The van der Waals surface area contributed by atoms with Gasteiger partial charge in [0.2, 0.25) is 0 Å². The lowest BCUT2D eigenvalue weighted by Crippen LogP contribution is -2.32. The largest absolute Gasteiger partial charge is 0.466 e. The maximum absolute atomic E-state index is 12.6. The van der Waals surface area contributed by atoms with Gasteiger partial charge in [0.05, 0.1) is 5.56 Å². The molecule has 0 bridgehead atoms. The van der Waals surface area contributed by atoms with Crippen molar-refractivity contribution in [1.29, 1.82) is 0 Å². The molecule has 0 radical (unpaired) electrons. The molecule has 0 unspecified atom stereocenters. The van der Waals surface area contributed by atoms with Crippen molar-refractivity contribution in [3.05, 3.63) is 23.2 Å². The van der Waals surface area contributed by atoms with Gasteiger partial charge in [-0.3, -0.25) is 4.79 Å². The Balaban J connectivity index is 0.00000147. The number of amides is 1. The molecule has 2 fully saturated rings. The van der Waals surface area contributed by atoms with Gasteiger partial charge in [0, 0.05) is 13.1 Å². The van der Waals surface area contributed by atoms with E-state index in [0.717, 1.165) is 67.9 Å². The number of halogens is 1. The molecule has 0 saturated carbocycles. The monoisotopic (exact) mass is 298 g/mol. The Morgan fingerprint density at radius 1 is 1.25 bits per heavy atom. The number of fused-ring (bicyclic) bond motifs is 1. The molecule has 1 aromatic heterocycles. The molecule has 20 heavy (non-hydrogen) atoms. The Bertz CT molecular complexity index is 472. The van der Waals surface area contributed by atoms with Crippen molar-refractivity contribution < 1.29 is 9.21 Å². The maximum atomic E-state index is 12.6. The Hall–Kier alpha value is -1.000. The summed E-state index contributed by atoms with van der Waals surface area (Å²) in [4.78, 5) is 14.6. The summed E-state index contributed by atoms with van der Waals surface area (Å²) in [6.07, 6.45) is 2.25. The number of rotatable bonds is 1. The summed E-state index contributed by atoms with van der Waals surface area (Å²) < 4.78 is 5.47. The van der Waals surface area contributed by atoms with Gasteiger partial charge in [-0.1, -0.05) is 0 Å². The third-order valence-electron chi connectivity index (χ3n) is 4.58. The Morgan fingerprint density at radius 3 is 2.35 bits per heavy atom. The van der Waals surface area contributed by atoms with E-state index in [2.05, 4.69) is 5.32 Å². The predicted molar refractivity (Wildman–Crippen MR) is 80.4 cm³/mol. The molecule has 112 valence electrons. The lowest BCUT2D eigenvalue weighted by molar-refractivity contribution is 0.0757. The number of carbonyl (C=O) groups excluding carboxylic acids is 1. The van der Waals surface area contributed by atoms with Crippen molar-refractivity contribution in [2.24, 2.45) is 11.8 Å². The lowest BCUT2D eigenvalue weighted by Gasteiger charge is -2.20. The standard InChI is InChI=1S/C15H22N2O2.ClH/c1-10-7-14(11(2)19-10)15(18)17-5-3-12-8-16-9-13(12)4-6-17;/h7,12-13,16H,3-6,8-9H2,1-2H3;1H/t12-,13+;. The topological polar surface area (TPSA) is 45.5 Å². The van der Waals surface area contributed by atoms with Crippen molar-refractivity contribution in [3.63, 3.8) is 0 Å². The number of nitrogens with one attached hydrogen (secondary N) is 1. The molecule has 2 atom stereocenters. The maximum Gasteiger partial charge on any atom is 0.257 e. The molecule has 4 nitrogen and oxygen atoms in total. The van der Waals surface area contributed by atoms with Crippen molar-refractivity contribution in [3.8, 4) is 0 Å². The molecular weight excluding hydrogens is 276 g/mol. The molecule has 0 aliphatic carbocycles. The van der Waals surface area contributed by atoms with E-state index in [1.165, 1.54) is 0 Å². The first-order valence-corrected chi connectivity index (χ1v) is 7.22. The highest BCUT2D eigenvalue weighted by Crippen LogP contribution is 2.28. The van der Waals surface area contributed by atoms with E-state index >= 15 is 0 Å². The zero-order valence-electron chi connectivity index (χ0n) is 12.1. The average molecular weight is 299 g/mol. The van der Waals surface area contributed by atoms with Crippen molar-refractivity contribution in [2.45, 2.75) is 26.7 Å². The van der Waals surface area contributed by atoms with Crippen LogP contribution >= 0.6 is 12.4 Å². The molecule has 0 spiro atoms. The summed E-state index contributed by atoms with van der Waals surface area (Å²) in [6, 6.07) is 1.87. The van der Waals surface area contributed by atoms with E-state index in [4.69, 9.17) is 4.42 Å². The van der Waals surface area contributed by atoms with Gasteiger partial charge < -0.3 is 14.6 Å². The normalized spacial score (nSPS) is 25.8. The molecule has 1 amide bonds. The van der Waals surface area contributed by atoms with Crippen LogP contribution in [0.4, 0.5) is 0 Å². The fourth-order valence-corrected chi connectivity index (χ4v) is 3.43. The summed E-state index contributed by atoms with van der Waals surface area (Å²) in [5.74, 6) is 3.21. The third-order valence-corrected chi connectivity index (χ3v) is 4.58. The molecule has 0 aromatic carbocycles. The van der Waals surface area contributed by atoms with Crippen LogP contribution in [-0.2, 0) is 0 Å². The Labute approximate surface area is 126 Å². The van der Waals surface area contributed by atoms with Crippen LogP contribution in [0, 0.1) is 25.7 Å². The summed E-state index contributed by atoms with van der Waals surface area (Å²) in [6.45, 7) is 7.77. The first kappa shape index (κ1) is 15.4. The SMILES string of the molecule is Cc1cc(C(=O)N2CC[C@@H]3CNC[C@@H]3CC2)c(C)o1.Cl. The first-order valence-electron chi connectivity index (χ1n) is 7.22. The van der Waals surface area contributed by atoms with E-state index in [1.807, 2.05) is 24.8 Å². The number of likely N-dealkylation sites (tertiary alicyclic amines) is 1. The van der Waals surface area contributed by atoms with Crippen LogP contribution in [-0.4, -0.2) is 37.0 Å². The molecule has 3 rings (SSSR count). The summed E-state index contributed by atoms with van der Waals surface area (Å²) in [5, 5.41) is 3.46. The molecule has 3 heterocycles. The zero-order valence-corrected chi connectivity index (χ0v) is 13.0. The smallest absolute Gasteiger partial charge is 0.257 e. The average Bonchev–Trinajstić information content (AvgIpc) is 2.90. The fourth-order valence-electron chi connectivity index (χ4n) is 3.43. The molecule has 2 aliphatic rings. The molecular formula is C15H23ClN2O2. The fraction of sp³-hybridized carbons (Fsp3) is 0.667. The Morgan fingerprint density at radius 2 is 1.85 bits per heavy atom. The number of aryl methyl sites for hydroxylation is 2. The van der Waals surface area contributed by atoms with E-state index in [0.29, 0.717) is 0 Å². The minimum atomic E-state index is 0. The predicted octanol–water partition coefficient (Wildman–Crippen LogP) is 2.39. The van der Waals surface area contributed by atoms with E-state index in [9.17, 15) is 4.79 Å². The van der Waals surface area contributed by atoms with Crippen LogP contribution in [0.1, 0.15) is 34.7 Å². The van der Waals surface area contributed by atoms with E-state index in [1.54, 1.807) is 0 Å². The van der Waals surface area contributed by atoms with Gasteiger partial charge >= 0.3 is 0 Å². The minimum Gasteiger partial charge on any atom is -0.466 e. The van der Waals surface area contributed by atoms with Gasteiger partial charge in [0.1, 0.15) is 11.5 Å². The van der Waals surface area contributed by atoms with Crippen LogP contribution in [0.3, 0.4) is 0 Å². The third kappa shape index (κ3) is 2.86. The summed E-state index contributed by atoms with van der Waals surface area (Å²) in [5.41, 5.74) is 0.739. The number of furan rings is 1. The highest BCUT2D eigenvalue weighted by molar-refractivity contribution is 5.95. The van der Waals surface area contributed by atoms with Crippen LogP contribution < -0.4 is 5.32 Å².